The molecule has 0 spiro atoms. The summed E-state index contributed by atoms with van der Waals surface area (Å²) in [4.78, 5) is 13.0. The third kappa shape index (κ3) is 2.58. The summed E-state index contributed by atoms with van der Waals surface area (Å²) in [6.07, 6.45) is -3.50. The lowest BCUT2D eigenvalue weighted by molar-refractivity contribution is -0.137. The van der Waals surface area contributed by atoms with Gasteiger partial charge in [-0.3, -0.25) is 0 Å². The molecule has 0 bridgehead atoms. The van der Waals surface area contributed by atoms with Crippen molar-refractivity contribution in [2.45, 2.75) is 13.1 Å². The van der Waals surface area contributed by atoms with E-state index in [9.17, 15) is 18.0 Å². The lowest BCUT2D eigenvalue weighted by Gasteiger charge is -2.11. The van der Waals surface area contributed by atoms with E-state index in [-0.39, 0.29) is 10.6 Å². The summed E-state index contributed by atoms with van der Waals surface area (Å²) in [5.41, 5.74) is -1.30. The molecule has 0 aliphatic rings. The minimum atomic E-state index is -4.59. The van der Waals surface area contributed by atoms with Gasteiger partial charge in [0.15, 0.2) is 0 Å². The van der Waals surface area contributed by atoms with Crippen molar-refractivity contribution >= 4 is 23.4 Å². The van der Waals surface area contributed by atoms with Gasteiger partial charge in [-0.05, 0) is 24.6 Å². The maximum absolute atomic E-state index is 12.5. The van der Waals surface area contributed by atoms with Crippen molar-refractivity contribution in [3.8, 4) is 0 Å². The smallest absolute Gasteiger partial charge is 0.211 e. The Kier molecular flexibility index (Phi) is 3.17. The molecule has 0 aliphatic heterocycles. The lowest BCUT2D eigenvalue weighted by atomic mass is 10.1. The average Bonchev–Trinajstić information content (AvgIpc) is 2.07. The van der Waals surface area contributed by atoms with Crippen LogP contribution in [0.5, 0.6) is 0 Å². The molecule has 0 amide bonds. The average molecular weight is 236 g/mol. The molecule has 0 saturated carbocycles. The standard InChI is InChI=1S/C9H5ClF3NO/c1-5-2-6(10)3-7(9(11,12)13)8(5)14-4-15/h2-3H,1H3. The third-order valence-corrected chi connectivity index (χ3v) is 1.95. The summed E-state index contributed by atoms with van der Waals surface area (Å²) in [5.74, 6) is 0. The van der Waals surface area contributed by atoms with Gasteiger partial charge in [0, 0.05) is 5.02 Å². The van der Waals surface area contributed by atoms with E-state index in [1.807, 2.05) is 0 Å². The van der Waals surface area contributed by atoms with Gasteiger partial charge < -0.3 is 0 Å². The SMILES string of the molecule is Cc1cc(Cl)cc(C(F)(F)F)c1N=C=O. The zero-order valence-corrected chi connectivity index (χ0v) is 8.28. The second-order valence-corrected chi connectivity index (χ2v) is 3.26. The van der Waals surface area contributed by atoms with Crippen molar-refractivity contribution in [3.63, 3.8) is 0 Å². The monoisotopic (exact) mass is 235 g/mol. The highest BCUT2D eigenvalue weighted by atomic mass is 35.5. The van der Waals surface area contributed by atoms with Crippen molar-refractivity contribution in [1.82, 2.24) is 0 Å². The Balaban J connectivity index is 3.54. The van der Waals surface area contributed by atoms with Crippen molar-refractivity contribution in [1.29, 1.82) is 0 Å². The van der Waals surface area contributed by atoms with Crippen LogP contribution >= 0.6 is 11.6 Å². The van der Waals surface area contributed by atoms with Crippen LogP contribution in [-0.4, -0.2) is 6.08 Å². The van der Waals surface area contributed by atoms with Gasteiger partial charge in [-0.15, -0.1) is 0 Å². The Bertz CT molecular complexity index is 436. The summed E-state index contributed by atoms with van der Waals surface area (Å²) in [7, 11) is 0. The van der Waals surface area contributed by atoms with E-state index in [4.69, 9.17) is 11.6 Å². The molecular weight excluding hydrogens is 231 g/mol. The summed E-state index contributed by atoms with van der Waals surface area (Å²) >= 11 is 5.49. The third-order valence-electron chi connectivity index (χ3n) is 1.73. The number of isocyanates is 1. The summed E-state index contributed by atoms with van der Waals surface area (Å²) < 4.78 is 37.4. The number of benzene rings is 1. The number of aliphatic imine (C=N–C) groups is 1. The normalized spacial score (nSPS) is 11.0. The predicted molar refractivity (Wildman–Crippen MR) is 49.0 cm³/mol. The van der Waals surface area contributed by atoms with Crippen LogP contribution in [0, 0.1) is 6.92 Å². The molecular formula is C9H5ClF3NO. The lowest BCUT2D eigenvalue weighted by Crippen LogP contribution is -2.06. The summed E-state index contributed by atoms with van der Waals surface area (Å²) in [6, 6.07) is 2.03. The molecule has 0 aliphatic carbocycles. The molecule has 2 nitrogen and oxygen atoms in total. The van der Waals surface area contributed by atoms with Crippen molar-refractivity contribution in [2.24, 2.45) is 4.99 Å². The molecule has 0 atom stereocenters. The molecule has 0 unspecified atom stereocenters. The first-order valence-electron chi connectivity index (χ1n) is 3.81. The second-order valence-electron chi connectivity index (χ2n) is 2.82. The van der Waals surface area contributed by atoms with Gasteiger partial charge in [0.25, 0.3) is 0 Å². The Morgan fingerprint density at radius 1 is 1.40 bits per heavy atom. The van der Waals surface area contributed by atoms with Crippen LogP contribution in [0.15, 0.2) is 17.1 Å². The van der Waals surface area contributed by atoms with E-state index in [0.29, 0.717) is 0 Å². The number of carbonyl (C=O) groups excluding carboxylic acids is 1. The van der Waals surface area contributed by atoms with Gasteiger partial charge in [-0.2, -0.15) is 18.2 Å². The van der Waals surface area contributed by atoms with Gasteiger partial charge in [0.05, 0.1) is 11.3 Å². The van der Waals surface area contributed by atoms with Crippen LogP contribution in [0.2, 0.25) is 5.02 Å². The Morgan fingerprint density at radius 2 is 2.00 bits per heavy atom. The summed E-state index contributed by atoms with van der Waals surface area (Å²) in [6.45, 7) is 1.39. The quantitative estimate of drug-likeness (QED) is 0.540. The van der Waals surface area contributed by atoms with Crippen molar-refractivity contribution in [3.05, 3.63) is 28.3 Å². The van der Waals surface area contributed by atoms with Gasteiger partial charge in [-0.1, -0.05) is 11.6 Å². The fraction of sp³-hybridized carbons (Fsp3) is 0.222. The van der Waals surface area contributed by atoms with Crippen LogP contribution in [0.4, 0.5) is 18.9 Å². The van der Waals surface area contributed by atoms with Crippen molar-refractivity contribution < 1.29 is 18.0 Å². The molecule has 6 heteroatoms. The van der Waals surface area contributed by atoms with Gasteiger partial charge in [-0.25, -0.2) is 4.79 Å². The topological polar surface area (TPSA) is 29.4 Å². The molecule has 0 saturated heterocycles. The molecule has 0 N–H and O–H groups in total. The molecule has 1 aromatic carbocycles. The number of hydrogen-bond donors (Lipinski definition) is 0. The second kappa shape index (κ2) is 4.04. The Hall–Kier alpha value is -1.32. The molecule has 0 radical (unpaired) electrons. The zero-order chi connectivity index (χ0) is 11.6. The molecule has 15 heavy (non-hydrogen) atoms. The van der Waals surface area contributed by atoms with Crippen LogP contribution < -0.4 is 0 Å². The number of hydrogen-bond acceptors (Lipinski definition) is 2. The van der Waals surface area contributed by atoms with Crippen LogP contribution in [0.3, 0.4) is 0 Å². The van der Waals surface area contributed by atoms with Crippen LogP contribution in [-0.2, 0) is 11.0 Å². The number of rotatable bonds is 1. The van der Waals surface area contributed by atoms with E-state index < -0.39 is 17.4 Å². The Morgan fingerprint density at radius 3 is 2.47 bits per heavy atom. The first-order valence-corrected chi connectivity index (χ1v) is 4.19. The van der Waals surface area contributed by atoms with Crippen LogP contribution in [0.1, 0.15) is 11.1 Å². The molecule has 80 valence electrons. The summed E-state index contributed by atoms with van der Waals surface area (Å²) in [5, 5.41) is -0.0512. The Labute approximate surface area is 88.4 Å². The maximum Gasteiger partial charge on any atom is 0.418 e. The predicted octanol–water partition coefficient (Wildman–Crippen LogP) is 3.63. The van der Waals surface area contributed by atoms with Gasteiger partial charge in [0.2, 0.25) is 6.08 Å². The van der Waals surface area contributed by atoms with E-state index >= 15 is 0 Å². The first kappa shape index (κ1) is 11.8. The highest BCUT2D eigenvalue weighted by molar-refractivity contribution is 6.30. The number of aryl methyl sites for hydroxylation is 1. The number of alkyl halides is 3. The first-order chi connectivity index (χ1) is 6.86. The minimum absolute atomic E-state index is 0.0512. The van der Waals surface area contributed by atoms with Crippen molar-refractivity contribution in [2.75, 3.05) is 0 Å². The highest BCUT2D eigenvalue weighted by Gasteiger charge is 2.34. The van der Waals surface area contributed by atoms with Crippen LogP contribution in [0.25, 0.3) is 0 Å². The van der Waals surface area contributed by atoms with Gasteiger partial charge in [0.1, 0.15) is 0 Å². The number of nitrogens with zero attached hydrogens (tertiary/aromatic N) is 1. The molecule has 1 rings (SSSR count). The largest absolute Gasteiger partial charge is 0.418 e. The number of halogens is 4. The fourth-order valence-electron chi connectivity index (χ4n) is 1.15. The van der Waals surface area contributed by atoms with E-state index in [2.05, 4.69) is 4.99 Å². The molecule has 0 heterocycles. The maximum atomic E-state index is 12.5. The van der Waals surface area contributed by atoms with E-state index in [1.54, 1.807) is 0 Å². The minimum Gasteiger partial charge on any atom is -0.211 e. The van der Waals surface area contributed by atoms with E-state index in [0.717, 1.165) is 12.1 Å². The fourth-order valence-corrected chi connectivity index (χ4v) is 1.42. The molecule has 0 aromatic heterocycles. The van der Waals surface area contributed by atoms with E-state index in [1.165, 1.54) is 13.0 Å². The zero-order valence-electron chi connectivity index (χ0n) is 7.52. The molecule has 1 aromatic rings. The molecule has 0 fully saturated rings. The van der Waals surface area contributed by atoms with Gasteiger partial charge >= 0.3 is 6.18 Å². The highest BCUT2D eigenvalue weighted by Crippen LogP contribution is 2.39.